The van der Waals surface area contributed by atoms with E-state index in [2.05, 4.69) is 11.3 Å². The Hall–Kier alpha value is -1.38. The number of rotatable bonds is 3. The fourth-order valence-corrected chi connectivity index (χ4v) is 0.785. The van der Waals surface area contributed by atoms with E-state index in [0.717, 1.165) is 5.56 Å². The Morgan fingerprint density at radius 1 is 1.25 bits per heavy atom. The fraction of sp³-hybridized carbons (Fsp3) is 0.111. The van der Waals surface area contributed by atoms with Crippen LogP contribution in [0.4, 0.5) is 8.78 Å². The van der Waals surface area contributed by atoms with E-state index in [-0.39, 0.29) is 5.75 Å². The van der Waals surface area contributed by atoms with Crippen molar-refractivity contribution >= 4 is 6.08 Å². The van der Waals surface area contributed by atoms with Gasteiger partial charge in [0.15, 0.2) is 0 Å². The van der Waals surface area contributed by atoms with Crippen molar-refractivity contribution in [1.29, 1.82) is 0 Å². The summed E-state index contributed by atoms with van der Waals surface area (Å²) in [5.41, 5.74) is 0.872. The second kappa shape index (κ2) is 3.85. The summed E-state index contributed by atoms with van der Waals surface area (Å²) >= 11 is 0. The first-order valence-corrected chi connectivity index (χ1v) is 3.39. The van der Waals surface area contributed by atoms with E-state index in [1.165, 1.54) is 12.1 Å². The molecule has 0 heterocycles. The summed E-state index contributed by atoms with van der Waals surface area (Å²) in [6.07, 6.45) is 1.63. The predicted octanol–water partition coefficient (Wildman–Crippen LogP) is 2.93. The summed E-state index contributed by atoms with van der Waals surface area (Å²) in [5.74, 6) is 0.163. The Kier molecular flexibility index (Phi) is 2.80. The Labute approximate surface area is 69.3 Å². The summed E-state index contributed by atoms with van der Waals surface area (Å²) in [6.45, 7) is 0.768. The number of hydrogen-bond acceptors (Lipinski definition) is 1. The molecular weight excluding hydrogens is 162 g/mol. The lowest BCUT2D eigenvalue weighted by Gasteiger charge is -2.03. The van der Waals surface area contributed by atoms with Gasteiger partial charge in [-0.05, 0) is 17.7 Å². The first-order chi connectivity index (χ1) is 5.72. The summed E-state index contributed by atoms with van der Waals surface area (Å²) < 4.78 is 27.5. The maximum Gasteiger partial charge on any atom is 0.387 e. The van der Waals surface area contributed by atoms with Gasteiger partial charge in [-0.25, -0.2) is 0 Å². The molecule has 0 aromatic heterocycles. The lowest BCUT2D eigenvalue weighted by Crippen LogP contribution is -2.01. The minimum absolute atomic E-state index is 0.163. The molecule has 3 heteroatoms. The van der Waals surface area contributed by atoms with Gasteiger partial charge in [0.2, 0.25) is 0 Å². The first kappa shape index (κ1) is 8.71. The molecule has 0 bridgehead atoms. The van der Waals surface area contributed by atoms with Gasteiger partial charge >= 0.3 is 6.61 Å². The van der Waals surface area contributed by atoms with Gasteiger partial charge in [-0.1, -0.05) is 24.8 Å². The van der Waals surface area contributed by atoms with Crippen LogP contribution in [0.3, 0.4) is 0 Å². The Morgan fingerprint density at radius 2 is 1.83 bits per heavy atom. The average molecular weight is 170 g/mol. The maximum atomic E-state index is 11.7. The van der Waals surface area contributed by atoms with Gasteiger partial charge in [-0.15, -0.1) is 0 Å². The van der Waals surface area contributed by atoms with Crippen LogP contribution >= 0.6 is 0 Å². The minimum atomic E-state index is -2.76. The van der Waals surface area contributed by atoms with E-state index in [1.807, 2.05) is 0 Å². The topological polar surface area (TPSA) is 9.23 Å². The average Bonchev–Trinajstić information content (AvgIpc) is 2.05. The molecule has 1 aromatic rings. The highest BCUT2D eigenvalue weighted by Crippen LogP contribution is 2.14. The molecule has 0 spiro atoms. The van der Waals surface area contributed by atoms with Crippen molar-refractivity contribution in [3.63, 3.8) is 0 Å². The molecule has 0 N–H and O–H groups in total. The fourth-order valence-electron chi connectivity index (χ4n) is 0.785. The molecule has 64 valence electrons. The van der Waals surface area contributed by atoms with Gasteiger partial charge in [0.25, 0.3) is 0 Å². The number of hydrogen-bond donors (Lipinski definition) is 0. The Balaban J connectivity index is 2.71. The quantitative estimate of drug-likeness (QED) is 0.677. The molecule has 1 nitrogen and oxygen atoms in total. The molecule has 12 heavy (non-hydrogen) atoms. The van der Waals surface area contributed by atoms with Crippen LogP contribution in [0.25, 0.3) is 6.08 Å². The van der Waals surface area contributed by atoms with Gasteiger partial charge in [0.1, 0.15) is 5.75 Å². The highest BCUT2D eigenvalue weighted by atomic mass is 19.3. The molecule has 0 saturated carbocycles. The van der Waals surface area contributed by atoms with Gasteiger partial charge < -0.3 is 4.74 Å². The van der Waals surface area contributed by atoms with E-state index < -0.39 is 6.61 Å². The first-order valence-electron chi connectivity index (χ1n) is 3.39. The van der Waals surface area contributed by atoms with Crippen LogP contribution in [0.1, 0.15) is 5.56 Å². The van der Waals surface area contributed by atoms with Crippen LogP contribution in [0.2, 0.25) is 0 Å². The van der Waals surface area contributed by atoms with Crippen LogP contribution < -0.4 is 4.74 Å². The smallest absolute Gasteiger partial charge is 0.387 e. The summed E-state index contributed by atoms with van der Waals surface area (Å²) in [4.78, 5) is 0. The molecule has 1 rings (SSSR count). The number of alkyl halides is 2. The lowest BCUT2D eigenvalue weighted by molar-refractivity contribution is -0.0498. The zero-order valence-corrected chi connectivity index (χ0v) is 6.34. The maximum absolute atomic E-state index is 11.7. The van der Waals surface area contributed by atoms with Crippen molar-refractivity contribution in [2.45, 2.75) is 6.61 Å². The Bertz CT molecular complexity index is 254. The van der Waals surface area contributed by atoms with Crippen LogP contribution in [0, 0.1) is 0 Å². The monoisotopic (exact) mass is 170 g/mol. The molecule has 1 aromatic carbocycles. The third-order valence-electron chi connectivity index (χ3n) is 1.34. The molecule has 0 radical (unpaired) electrons. The SMILES string of the molecule is C=Cc1ccc(OC(F)F)cc1. The van der Waals surface area contributed by atoms with E-state index in [4.69, 9.17) is 0 Å². The third kappa shape index (κ3) is 2.34. The second-order valence-corrected chi connectivity index (χ2v) is 2.15. The number of benzene rings is 1. The number of ether oxygens (including phenoxy) is 1. The molecule has 0 fully saturated rings. The highest BCUT2D eigenvalue weighted by molar-refractivity contribution is 5.48. The number of halogens is 2. The second-order valence-electron chi connectivity index (χ2n) is 2.15. The van der Waals surface area contributed by atoms with Crippen LogP contribution in [-0.4, -0.2) is 6.61 Å². The van der Waals surface area contributed by atoms with Crippen LogP contribution in [0.15, 0.2) is 30.8 Å². The van der Waals surface area contributed by atoms with E-state index in [0.29, 0.717) is 0 Å². The van der Waals surface area contributed by atoms with Crippen molar-refractivity contribution < 1.29 is 13.5 Å². The highest BCUT2D eigenvalue weighted by Gasteiger charge is 2.02. The van der Waals surface area contributed by atoms with Crippen LogP contribution in [0.5, 0.6) is 5.75 Å². The Morgan fingerprint density at radius 3 is 2.25 bits per heavy atom. The van der Waals surface area contributed by atoms with Gasteiger partial charge in [-0.2, -0.15) is 8.78 Å². The third-order valence-corrected chi connectivity index (χ3v) is 1.34. The van der Waals surface area contributed by atoms with Crippen molar-refractivity contribution in [3.05, 3.63) is 36.4 Å². The van der Waals surface area contributed by atoms with Gasteiger partial charge in [-0.3, -0.25) is 0 Å². The molecule has 0 atom stereocenters. The molecular formula is C9H8F2O. The van der Waals surface area contributed by atoms with Crippen molar-refractivity contribution in [3.8, 4) is 5.75 Å². The van der Waals surface area contributed by atoms with E-state index in [9.17, 15) is 8.78 Å². The van der Waals surface area contributed by atoms with Gasteiger partial charge in [0, 0.05) is 0 Å². The molecule has 0 amide bonds. The van der Waals surface area contributed by atoms with E-state index >= 15 is 0 Å². The van der Waals surface area contributed by atoms with Crippen LogP contribution in [-0.2, 0) is 0 Å². The summed E-state index contributed by atoms with van der Waals surface area (Å²) in [5, 5.41) is 0. The predicted molar refractivity (Wildman–Crippen MR) is 43.2 cm³/mol. The zero-order chi connectivity index (χ0) is 8.97. The van der Waals surface area contributed by atoms with E-state index in [1.54, 1.807) is 18.2 Å². The molecule has 0 aliphatic rings. The zero-order valence-electron chi connectivity index (χ0n) is 6.34. The molecule has 0 unspecified atom stereocenters. The largest absolute Gasteiger partial charge is 0.435 e. The van der Waals surface area contributed by atoms with Gasteiger partial charge in [0.05, 0.1) is 0 Å². The normalized spacial score (nSPS) is 9.92. The summed E-state index contributed by atoms with van der Waals surface area (Å²) in [7, 11) is 0. The molecule has 0 aliphatic heterocycles. The van der Waals surface area contributed by atoms with Crippen molar-refractivity contribution in [1.82, 2.24) is 0 Å². The molecule has 0 aliphatic carbocycles. The standard InChI is InChI=1S/C9H8F2O/c1-2-7-3-5-8(6-4-7)12-9(10)11/h2-6,9H,1H2. The van der Waals surface area contributed by atoms with Crippen molar-refractivity contribution in [2.24, 2.45) is 0 Å². The minimum Gasteiger partial charge on any atom is -0.435 e. The summed E-state index contributed by atoms with van der Waals surface area (Å²) in [6, 6.07) is 6.27. The molecule has 0 saturated heterocycles. The van der Waals surface area contributed by atoms with Crippen molar-refractivity contribution in [2.75, 3.05) is 0 Å². The lowest BCUT2D eigenvalue weighted by atomic mass is 10.2.